The van der Waals surface area contributed by atoms with Crippen LogP contribution in [0.25, 0.3) is 11.0 Å². The number of hydrogen-bond donors (Lipinski definition) is 1. The van der Waals surface area contributed by atoms with Crippen LogP contribution in [-0.2, 0) is 6.54 Å². The van der Waals surface area contributed by atoms with Crippen molar-refractivity contribution in [2.45, 2.75) is 33.2 Å². The number of amides is 1. The van der Waals surface area contributed by atoms with E-state index in [-0.39, 0.29) is 5.91 Å². The molecule has 0 aliphatic carbocycles. The summed E-state index contributed by atoms with van der Waals surface area (Å²) in [6, 6.07) is 13.6. The Hall–Kier alpha value is -2.89. The number of nitrogens with zero attached hydrogens (tertiary/aromatic N) is 4. The molecule has 0 bridgehead atoms. The monoisotopic (exact) mass is 363 g/mol. The maximum Gasteiger partial charge on any atom is 0.255 e. The number of hydrogen-bond acceptors (Lipinski definition) is 4. The lowest BCUT2D eigenvalue weighted by Crippen LogP contribution is -2.32. The quantitative estimate of drug-likeness (QED) is 0.763. The van der Waals surface area contributed by atoms with E-state index in [1.54, 1.807) is 6.07 Å². The van der Waals surface area contributed by atoms with Gasteiger partial charge in [-0.05, 0) is 68.1 Å². The van der Waals surface area contributed by atoms with Gasteiger partial charge in [0.15, 0.2) is 0 Å². The Morgan fingerprint density at radius 3 is 2.59 bits per heavy atom. The number of aryl methyl sites for hydroxylation is 1. The first-order chi connectivity index (χ1) is 13.1. The van der Waals surface area contributed by atoms with E-state index in [9.17, 15) is 4.79 Å². The Kier molecular flexibility index (Phi) is 4.79. The molecule has 1 aliphatic rings. The molecule has 1 aromatic heterocycles. The predicted molar refractivity (Wildman–Crippen MR) is 108 cm³/mol. The van der Waals surface area contributed by atoms with Crippen molar-refractivity contribution >= 4 is 28.3 Å². The van der Waals surface area contributed by atoms with Crippen LogP contribution in [-0.4, -0.2) is 34.0 Å². The molecule has 2 aromatic carbocycles. The number of carbonyl (C=O) groups is 1. The number of fused-ring (bicyclic) bond motifs is 1. The smallest absolute Gasteiger partial charge is 0.255 e. The zero-order chi connectivity index (χ0) is 18.8. The first-order valence-electron chi connectivity index (χ1n) is 9.63. The number of anilines is 2. The molecule has 27 heavy (non-hydrogen) atoms. The van der Waals surface area contributed by atoms with Crippen molar-refractivity contribution in [1.82, 2.24) is 15.0 Å². The van der Waals surface area contributed by atoms with Gasteiger partial charge in [-0.15, -0.1) is 5.10 Å². The van der Waals surface area contributed by atoms with Gasteiger partial charge in [-0.25, -0.2) is 4.68 Å². The third kappa shape index (κ3) is 3.65. The number of aromatic nitrogens is 3. The van der Waals surface area contributed by atoms with E-state index in [1.807, 2.05) is 35.9 Å². The third-order valence-corrected chi connectivity index (χ3v) is 5.35. The largest absolute Gasteiger partial charge is 0.372 e. The molecular formula is C21H25N5O. The lowest BCUT2D eigenvalue weighted by molar-refractivity contribution is 0.102. The molecule has 6 nitrogen and oxygen atoms in total. The maximum atomic E-state index is 12.6. The fourth-order valence-corrected chi connectivity index (χ4v) is 3.57. The molecule has 1 amide bonds. The lowest BCUT2D eigenvalue weighted by atomic mass is 9.99. The van der Waals surface area contributed by atoms with E-state index in [2.05, 4.69) is 39.6 Å². The second kappa shape index (κ2) is 7.39. The van der Waals surface area contributed by atoms with Gasteiger partial charge in [0.2, 0.25) is 0 Å². The van der Waals surface area contributed by atoms with Crippen molar-refractivity contribution in [3.8, 4) is 0 Å². The molecule has 4 rings (SSSR count). The molecule has 0 atom stereocenters. The van der Waals surface area contributed by atoms with Crippen LogP contribution in [0.4, 0.5) is 11.4 Å². The first-order valence-corrected chi connectivity index (χ1v) is 9.63. The van der Waals surface area contributed by atoms with Gasteiger partial charge in [-0.1, -0.05) is 12.1 Å². The molecule has 2 heterocycles. The minimum absolute atomic E-state index is 0.137. The van der Waals surface area contributed by atoms with Crippen molar-refractivity contribution in [1.29, 1.82) is 0 Å². The van der Waals surface area contributed by atoms with Gasteiger partial charge >= 0.3 is 0 Å². The van der Waals surface area contributed by atoms with E-state index in [0.717, 1.165) is 42.3 Å². The highest BCUT2D eigenvalue weighted by molar-refractivity contribution is 6.05. The van der Waals surface area contributed by atoms with Crippen LogP contribution in [0.3, 0.4) is 0 Å². The van der Waals surface area contributed by atoms with Gasteiger partial charge in [0.1, 0.15) is 5.52 Å². The Labute approximate surface area is 159 Å². The summed E-state index contributed by atoms with van der Waals surface area (Å²) in [5, 5.41) is 11.2. The molecule has 0 unspecified atom stereocenters. The zero-order valence-electron chi connectivity index (χ0n) is 15.9. The summed E-state index contributed by atoms with van der Waals surface area (Å²) in [7, 11) is 0. The Balaban J connectivity index is 1.45. The molecule has 0 saturated carbocycles. The summed E-state index contributed by atoms with van der Waals surface area (Å²) in [6.07, 6.45) is 2.48. The van der Waals surface area contributed by atoms with Crippen LogP contribution in [0.2, 0.25) is 0 Å². The normalized spacial score (nSPS) is 15.3. The zero-order valence-corrected chi connectivity index (χ0v) is 15.9. The van der Waals surface area contributed by atoms with Crippen LogP contribution in [0.1, 0.15) is 37.0 Å². The molecule has 3 aromatic rings. The average molecular weight is 363 g/mol. The summed E-state index contributed by atoms with van der Waals surface area (Å²) in [6.45, 7) is 7.29. The topological polar surface area (TPSA) is 63.1 Å². The van der Waals surface area contributed by atoms with Crippen LogP contribution in [0.5, 0.6) is 0 Å². The van der Waals surface area contributed by atoms with E-state index in [1.165, 1.54) is 18.5 Å². The minimum Gasteiger partial charge on any atom is -0.372 e. The number of benzene rings is 2. The highest BCUT2D eigenvalue weighted by Gasteiger charge is 2.16. The molecule has 6 heteroatoms. The molecule has 1 aliphatic heterocycles. The number of nitrogens with one attached hydrogen (secondary N) is 1. The van der Waals surface area contributed by atoms with Crippen LogP contribution in [0.15, 0.2) is 42.5 Å². The van der Waals surface area contributed by atoms with Gasteiger partial charge in [-0.2, -0.15) is 0 Å². The van der Waals surface area contributed by atoms with Crippen molar-refractivity contribution in [3.63, 3.8) is 0 Å². The fourth-order valence-electron chi connectivity index (χ4n) is 3.57. The molecule has 0 spiro atoms. The molecular weight excluding hydrogens is 338 g/mol. The predicted octanol–water partition coefficient (Wildman–Crippen LogP) is 3.94. The highest BCUT2D eigenvalue weighted by atomic mass is 16.1. The van der Waals surface area contributed by atoms with Crippen LogP contribution >= 0.6 is 0 Å². The number of rotatable bonds is 4. The van der Waals surface area contributed by atoms with Crippen LogP contribution < -0.4 is 10.2 Å². The number of piperidine rings is 1. The highest BCUT2D eigenvalue weighted by Crippen LogP contribution is 2.24. The van der Waals surface area contributed by atoms with E-state index < -0.39 is 0 Å². The van der Waals surface area contributed by atoms with E-state index >= 15 is 0 Å². The Morgan fingerprint density at radius 2 is 1.89 bits per heavy atom. The standard InChI is InChI=1S/C21H25N5O/c1-3-26-20-9-4-16(14-19(20)23-24-26)21(27)22-17-5-7-18(8-6-17)25-12-10-15(2)11-13-25/h4-9,14-15H,3,10-13H2,1-2H3,(H,22,27). The van der Waals surface area contributed by atoms with E-state index in [0.29, 0.717) is 5.56 Å². The van der Waals surface area contributed by atoms with Gasteiger partial charge in [0.05, 0.1) is 5.52 Å². The maximum absolute atomic E-state index is 12.6. The summed E-state index contributed by atoms with van der Waals surface area (Å²) >= 11 is 0. The molecule has 0 radical (unpaired) electrons. The average Bonchev–Trinajstić information content (AvgIpc) is 3.11. The van der Waals surface area contributed by atoms with Crippen LogP contribution in [0, 0.1) is 5.92 Å². The first kappa shape index (κ1) is 17.5. The molecule has 1 saturated heterocycles. The molecule has 140 valence electrons. The van der Waals surface area contributed by atoms with Crippen molar-refractivity contribution in [2.24, 2.45) is 5.92 Å². The van der Waals surface area contributed by atoms with Crippen molar-refractivity contribution < 1.29 is 4.79 Å². The Bertz CT molecular complexity index is 939. The van der Waals surface area contributed by atoms with Crippen molar-refractivity contribution in [2.75, 3.05) is 23.3 Å². The van der Waals surface area contributed by atoms with E-state index in [4.69, 9.17) is 0 Å². The van der Waals surface area contributed by atoms with Gasteiger partial charge in [0, 0.05) is 36.6 Å². The fraction of sp³-hybridized carbons (Fsp3) is 0.381. The summed E-state index contributed by atoms with van der Waals surface area (Å²) in [4.78, 5) is 15.0. The lowest BCUT2D eigenvalue weighted by Gasteiger charge is -2.32. The number of carbonyl (C=O) groups excluding carboxylic acids is 1. The third-order valence-electron chi connectivity index (χ3n) is 5.35. The van der Waals surface area contributed by atoms with Gasteiger partial charge < -0.3 is 10.2 Å². The Morgan fingerprint density at radius 1 is 1.15 bits per heavy atom. The summed E-state index contributed by atoms with van der Waals surface area (Å²) < 4.78 is 1.82. The summed E-state index contributed by atoms with van der Waals surface area (Å²) in [5.41, 5.74) is 4.28. The molecule has 1 fully saturated rings. The second-order valence-electron chi connectivity index (χ2n) is 7.28. The molecule has 1 N–H and O–H groups in total. The van der Waals surface area contributed by atoms with Gasteiger partial charge in [-0.3, -0.25) is 4.79 Å². The van der Waals surface area contributed by atoms with Gasteiger partial charge in [0.25, 0.3) is 5.91 Å². The second-order valence-corrected chi connectivity index (χ2v) is 7.28. The van der Waals surface area contributed by atoms with Crippen molar-refractivity contribution in [3.05, 3.63) is 48.0 Å². The SMILES string of the molecule is CCn1nnc2cc(C(=O)Nc3ccc(N4CCC(C)CC4)cc3)ccc21. The minimum atomic E-state index is -0.137. The summed E-state index contributed by atoms with van der Waals surface area (Å²) in [5.74, 6) is 0.679.